The maximum Gasteiger partial charge on any atom is 0.191 e. The van der Waals surface area contributed by atoms with E-state index in [1.54, 1.807) is 23.1 Å². The molecule has 3 rings (SSSR count). The summed E-state index contributed by atoms with van der Waals surface area (Å²) >= 11 is 3.31. The molecule has 0 aliphatic carbocycles. The average molecular weight is 331 g/mol. The number of aliphatic hydroxyl groups excluding tert-OH is 1. The number of hydrogen-bond acceptors (Lipinski definition) is 5. The second kappa shape index (κ2) is 7.58. The van der Waals surface area contributed by atoms with Crippen LogP contribution in [-0.2, 0) is 6.54 Å². The van der Waals surface area contributed by atoms with Gasteiger partial charge in [0.1, 0.15) is 0 Å². The van der Waals surface area contributed by atoms with Gasteiger partial charge in [0.2, 0.25) is 0 Å². The molecule has 22 heavy (non-hydrogen) atoms. The van der Waals surface area contributed by atoms with E-state index in [1.165, 1.54) is 5.56 Å². The largest absolute Gasteiger partial charge is 0.396 e. The Hall–Kier alpha value is -1.63. The molecule has 114 valence electrons. The van der Waals surface area contributed by atoms with Crippen LogP contribution < -0.4 is 0 Å². The van der Waals surface area contributed by atoms with Crippen LogP contribution in [0.1, 0.15) is 12.0 Å². The molecule has 0 unspecified atom stereocenters. The second-order valence-electron chi connectivity index (χ2n) is 4.78. The number of aromatic nitrogens is 3. The molecule has 0 atom stereocenters. The first-order chi connectivity index (χ1) is 10.9. The third kappa shape index (κ3) is 3.58. The zero-order valence-electron chi connectivity index (χ0n) is 12.1. The molecule has 0 amide bonds. The lowest BCUT2D eigenvalue weighted by atomic mass is 10.2. The van der Waals surface area contributed by atoms with Crippen LogP contribution in [0.3, 0.4) is 0 Å². The van der Waals surface area contributed by atoms with Crippen molar-refractivity contribution in [3.63, 3.8) is 0 Å². The number of thioether (sulfide) groups is 1. The van der Waals surface area contributed by atoms with Crippen LogP contribution in [0, 0.1) is 0 Å². The van der Waals surface area contributed by atoms with Gasteiger partial charge in [-0.05, 0) is 23.4 Å². The van der Waals surface area contributed by atoms with Crippen molar-refractivity contribution in [1.29, 1.82) is 0 Å². The summed E-state index contributed by atoms with van der Waals surface area (Å²) in [6, 6.07) is 14.4. The van der Waals surface area contributed by atoms with E-state index >= 15 is 0 Å². The first kappa shape index (κ1) is 15.3. The van der Waals surface area contributed by atoms with E-state index in [-0.39, 0.29) is 6.61 Å². The molecule has 3 aromatic rings. The molecule has 0 fully saturated rings. The van der Waals surface area contributed by atoms with Gasteiger partial charge in [-0.25, -0.2) is 0 Å². The summed E-state index contributed by atoms with van der Waals surface area (Å²) in [6.45, 7) is 0.958. The topological polar surface area (TPSA) is 50.9 Å². The third-order valence-electron chi connectivity index (χ3n) is 3.18. The van der Waals surface area contributed by atoms with E-state index in [1.807, 2.05) is 24.3 Å². The molecular formula is C16H17N3OS2. The molecule has 0 aliphatic heterocycles. The Labute approximate surface area is 137 Å². The molecule has 0 radical (unpaired) electrons. The number of aliphatic hydroxyl groups is 1. The van der Waals surface area contributed by atoms with Gasteiger partial charge in [-0.3, -0.25) is 4.57 Å². The zero-order chi connectivity index (χ0) is 15.2. The number of benzene rings is 1. The Morgan fingerprint density at radius 3 is 2.68 bits per heavy atom. The molecule has 0 spiro atoms. The quantitative estimate of drug-likeness (QED) is 0.531. The number of thiophene rings is 1. The Morgan fingerprint density at radius 1 is 1.09 bits per heavy atom. The fourth-order valence-electron chi connectivity index (χ4n) is 2.12. The van der Waals surface area contributed by atoms with E-state index < -0.39 is 0 Å². The molecule has 1 N–H and O–H groups in total. The van der Waals surface area contributed by atoms with Gasteiger partial charge < -0.3 is 5.11 Å². The number of hydrogen-bond donors (Lipinski definition) is 1. The van der Waals surface area contributed by atoms with Gasteiger partial charge in [-0.2, -0.15) is 0 Å². The summed E-state index contributed by atoms with van der Waals surface area (Å²) in [6.07, 6.45) is 0.761. The van der Waals surface area contributed by atoms with Gasteiger partial charge in [0, 0.05) is 12.4 Å². The number of rotatable bonds is 7. The van der Waals surface area contributed by atoms with E-state index in [4.69, 9.17) is 5.11 Å². The molecule has 0 saturated heterocycles. The molecule has 2 aromatic heterocycles. The Bertz CT molecular complexity index is 696. The molecular weight excluding hydrogens is 314 g/mol. The highest BCUT2D eigenvalue weighted by molar-refractivity contribution is 7.99. The van der Waals surface area contributed by atoms with Crippen molar-refractivity contribution in [2.75, 3.05) is 12.4 Å². The highest BCUT2D eigenvalue weighted by atomic mass is 32.2. The maximum absolute atomic E-state index is 8.95. The van der Waals surface area contributed by atoms with Gasteiger partial charge in [0.25, 0.3) is 0 Å². The summed E-state index contributed by atoms with van der Waals surface area (Å²) in [5, 5.41) is 20.6. The summed E-state index contributed by atoms with van der Waals surface area (Å²) in [5.41, 5.74) is 1.23. The van der Waals surface area contributed by atoms with Crippen LogP contribution in [-0.4, -0.2) is 32.2 Å². The average Bonchev–Trinajstić information content (AvgIpc) is 3.19. The fourth-order valence-corrected chi connectivity index (χ4v) is 3.70. The van der Waals surface area contributed by atoms with Crippen LogP contribution in [0.2, 0.25) is 0 Å². The first-order valence-corrected chi connectivity index (χ1v) is 8.99. The van der Waals surface area contributed by atoms with E-state index in [0.29, 0.717) is 0 Å². The predicted octanol–water partition coefficient (Wildman–Crippen LogP) is 3.53. The molecule has 6 heteroatoms. The molecule has 0 bridgehead atoms. The second-order valence-corrected chi connectivity index (χ2v) is 6.79. The van der Waals surface area contributed by atoms with Gasteiger partial charge in [-0.15, -0.1) is 21.5 Å². The van der Waals surface area contributed by atoms with E-state index in [0.717, 1.165) is 34.6 Å². The molecule has 0 saturated carbocycles. The summed E-state index contributed by atoms with van der Waals surface area (Å²) < 4.78 is 2.16. The van der Waals surface area contributed by atoms with Gasteiger partial charge in [0.15, 0.2) is 11.0 Å². The van der Waals surface area contributed by atoms with Crippen LogP contribution in [0.5, 0.6) is 0 Å². The van der Waals surface area contributed by atoms with E-state index in [2.05, 4.69) is 38.3 Å². The summed E-state index contributed by atoms with van der Waals surface area (Å²) in [5.74, 6) is 1.75. The van der Waals surface area contributed by atoms with E-state index in [9.17, 15) is 0 Å². The maximum atomic E-state index is 8.95. The van der Waals surface area contributed by atoms with Crippen molar-refractivity contribution in [2.24, 2.45) is 0 Å². The minimum atomic E-state index is 0.206. The van der Waals surface area contributed by atoms with Crippen molar-refractivity contribution >= 4 is 23.1 Å². The minimum Gasteiger partial charge on any atom is -0.396 e. The van der Waals surface area contributed by atoms with Crippen LogP contribution >= 0.6 is 23.1 Å². The smallest absolute Gasteiger partial charge is 0.191 e. The third-order valence-corrected chi connectivity index (χ3v) is 5.09. The normalized spacial score (nSPS) is 11.0. The van der Waals surface area contributed by atoms with Crippen LogP contribution in [0.15, 0.2) is 53.0 Å². The number of nitrogens with zero attached hydrogens (tertiary/aromatic N) is 3. The Morgan fingerprint density at radius 2 is 1.95 bits per heavy atom. The molecule has 2 heterocycles. The molecule has 4 nitrogen and oxygen atoms in total. The highest BCUT2D eigenvalue weighted by Crippen LogP contribution is 2.28. The summed E-state index contributed by atoms with van der Waals surface area (Å²) in [4.78, 5) is 1.12. The first-order valence-electron chi connectivity index (χ1n) is 7.13. The predicted molar refractivity (Wildman–Crippen MR) is 91.3 cm³/mol. The Balaban J connectivity index is 1.90. The lowest BCUT2D eigenvalue weighted by Crippen LogP contribution is -2.04. The van der Waals surface area contributed by atoms with Crippen molar-refractivity contribution < 1.29 is 5.11 Å². The Kier molecular flexibility index (Phi) is 5.26. The van der Waals surface area contributed by atoms with Gasteiger partial charge in [-0.1, -0.05) is 48.2 Å². The molecule has 0 aliphatic rings. The minimum absolute atomic E-state index is 0.206. The van der Waals surface area contributed by atoms with Crippen LogP contribution in [0.25, 0.3) is 10.7 Å². The lowest BCUT2D eigenvalue weighted by molar-refractivity contribution is 0.296. The van der Waals surface area contributed by atoms with Gasteiger partial charge in [0.05, 0.1) is 11.4 Å². The van der Waals surface area contributed by atoms with Crippen molar-refractivity contribution in [1.82, 2.24) is 14.8 Å². The fraction of sp³-hybridized carbons (Fsp3) is 0.250. The summed E-state index contributed by atoms with van der Waals surface area (Å²) in [7, 11) is 0. The molecule has 1 aromatic carbocycles. The van der Waals surface area contributed by atoms with Crippen molar-refractivity contribution in [2.45, 2.75) is 18.1 Å². The zero-order valence-corrected chi connectivity index (χ0v) is 13.7. The van der Waals surface area contributed by atoms with Crippen molar-refractivity contribution in [3.8, 4) is 10.7 Å². The lowest BCUT2D eigenvalue weighted by Gasteiger charge is -2.09. The monoisotopic (exact) mass is 331 g/mol. The van der Waals surface area contributed by atoms with Crippen LogP contribution in [0.4, 0.5) is 0 Å². The van der Waals surface area contributed by atoms with Crippen molar-refractivity contribution in [3.05, 3.63) is 53.4 Å². The standard InChI is InChI=1S/C16H17N3OS2/c20-9-5-11-22-16-18-17-15(14-8-4-10-21-14)19(16)12-13-6-2-1-3-7-13/h1-4,6-8,10,20H,5,9,11-12H2. The SMILES string of the molecule is OCCCSc1nnc(-c2cccs2)n1Cc1ccccc1. The highest BCUT2D eigenvalue weighted by Gasteiger charge is 2.15. The van der Waals surface area contributed by atoms with Gasteiger partial charge >= 0.3 is 0 Å².